The van der Waals surface area contributed by atoms with Crippen molar-refractivity contribution in [3.8, 4) is 5.88 Å². The molecule has 7 heteroatoms. The molecule has 0 spiro atoms. The zero-order valence-electron chi connectivity index (χ0n) is 10.5. The molecule has 7 nitrogen and oxygen atoms in total. The molecule has 0 radical (unpaired) electrons. The molecule has 98 valence electrons. The van der Waals surface area contributed by atoms with E-state index in [1.54, 1.807) is 0 Å². The molecule has 1 atom stereocenters. The lowest BCUT2D eigenvalue weighted by atomic mass is 10.1. The van der Waals surface area contributed by atoms with Crippen LogP contribution in [0.25, 0.3) is 0 Å². The Morgan fingerprint density at radius 2 is 2.11 bits per heavy atom. The van der Waals surface area contributed by atoms with Crippen molar-refractivity contribution in [2.24, 2.45) is 5.92 Å². The minimum absolute atomic E-state index is 0.113. The first-order valence-corrected chi connectivity index (χ1v) is 5.31. The molecule has 0 aliphatic rings. The molecule has 0 aromatic carbocycles. The van der Waals surface area contributed by atoms with Crippen molar-refractivity contribution < 1.29 is 19.4 Å². The van der Waals surface area contributed by atoms with E-state index in [9.17, 15) is 9.59 Å². The Kier molecular flexibility index (Phi) is 4.59. The number of aliphatic carboxylic acids is 1. The Balaban J connectivity index is 2.70. The summed E-state index contributed by atoms with van der Waals surface area (Å²) < 4.78 is 4.83. The predicted octanol–water partition coefficient (Wildman–Crippen LogP) is 0.278. The van der Waals surface area contributed by atoms with E-state index in [4.69, 9.17) is 9.84 Å². The highest BCUT2D eigenvalue weighted by atomic mass is 16.5. The van der Waals surface area contributed by atoms with Crippen LogP contribution in [0, 0.1) is 5.92 Å². The second-order valence-corrected chi connectivity index (χ2v) is 3.89. The van der Waals surface area contributed by atoms with Gasteiger partial charge < -0.3 is 14.7 Å². The minimum Gasteiger partial charge on any atom is -0.481 e. The number of carboxylic acids is 1. The molecule has 1 heterocycles. The van der Waals surface area contributed by atoms with Crippen LogP contribution in [0.1, 0.15) is 17.4 Å². The molecule has 1 amide bonds. The zero-order chi connectivity index (χ0) is 13.7. The lowest BCUT2D eigenvalue weighted by Gasteiger charge is -2.18. The smallest absolute Gasteiger partial charge is 0.308 e. The molecule has 1 unspecified atom stereocenters. The summed E-state index contributed by atoms with van der Waals surface area (Å²) in [6, 6.07) is 3.00. The van der Waals surface area contributed by atoms with Crippen LogP contribution in [-0.2, 0) is 4.79 Å². The largest absolute Gasteiger partial charge is 0.481 e. The van der Waals surface area contributed by atoms with E-state index in [0.29, 0.717) is 5.88 Å². The molecule has 0 saturated heterocycles. The third kappa shape index (κ3) is 3.41. The van der Waals surface area contributed by atoms with Crippen LogP contribution in [0.5, 0.6) is 5.88 Å². The first-order valence-electron chi connectivity index (χ1n) is 5.31. The lowest BCUT2D eigenvalue weighted by Crippen LogP contribution is -2.34. The van der Waals surface area contributed by atoms with Gasteiger partial charge in [0.05, 0.1) is 13.0 Å². The van der Waals surface area contributed by atoms with E-state index in [1.165, 1.54) is 38.1 Å². The summed E-state index contributed by atoms with van der Waals surface area (Å²) in [5, 5.41) is 16.2. The fraction of sp³-hybridized carbons (Fsp3) is 0.455. The van der Waals surface area contributed by atoms with Crippen molar-refractivity contribution >= 4 is 11.9 Å². The molecule has 0 bridgehead atoms. The number of rotatable bonds is 5. The van der Waals surface area contributed by atoms with Crippen LogP contribution in [0.3, 0.4) is 0 Å². The van der Waals surface area contributed by atoms with Crippen molar-refractivity contribution in [1.29, 1.82) is 0 Å². The van der Waals surface area contributed by atoms with Crippen LogP contribution >= 0.6 is 0 Å². The molecule has 1 rings (SSSR count). The van der Waals surface area contributed by atoms with Crippen molar-refractivity contribution in [2.45, 2.75) is 6.92 Å². The van der Waals surface area contributed by atoms with Gasteiger partial charge in [-0.1, -0.05) is 6.92 Å². The number of nitrogens with zero attached hydrogens (tertiary/aromatic N) is 3. The highest BCUT2D eigenvalue weighted by Gasteiger charge is 2.19. The van der Waals surface area contributed by atoms with Crippen molar-refractivity contribution in [1.82, 2.24) is 15.1 Å². The molecule has 0 saturated carbocycles. The first kappa shape index (κ1) is 13.9. The average Bonchev–Trinajstić information content (AvgIpc) is 2.37. The van der Waals surface area contributed by atoms with Crippen LogP contribution in [0.4, 0.5) is 0 Å². The highest BCUT2D eigenvalue weighted by Crippen LogP contribution is 2.07. The summed E-state index contributed by atoms with van der Waals surface area (Å²) >= 11 is 0. The number of carbonyl (C=O) groups is 2. The maximum Gasteiger partial charge on any atom is 0.308 e. The molecule has 18 heavy (non-hydrogen) atoms. The van der Waals surface area contributed by atoms with E-state index in [1.807, 2.05) is 0 Å². The van der Waals surface area contributed by atoms with Crippen LogP contribution in [-0.4, -0.2) is 52.8 Å². The molecule has 1 aromatic heterocycles. The topological polar surface area (TPSA) is 92.6 Å². The van der Waals surface area contributed by atoms with Gasteiger partial charge >= 0.3 is 5.97 Å². The molecule has 1 N–H and O–H groups in total. The van der Waals surface area contributed by atoms with Gasteiger partial charge in [0.2, 0.25) is 5.88 Å². The number of hydrogen-bond donors (Lipinski definition) is 1. The fourth-order valence-corrected chi connectivity index (χ4v) is 1.31. The lowest BCUT2D eigenvalue weighted by molar-refractivity contribution is -0.141. The number of methoxy groups -OCH3 is 1. The monoisotopic (exact) mass is 253 g/mol. The van der Waals surface area contributed by atoms with Gasteiger partial charge in [-0.15, -0.1) is 10.2 Å². The van der Waals surface area contributed by atoms with Crippen molar-refractivity contribution in [2.75, 3.05) is 20.7 Å². The Morgan fingerprint density at radius 3 is 2.56 bits per heavy atom. The van der Waals surface area contributed by atoms with Gasteiger partial charge in [-0.05, 0) is 6.07 Å². The Bertz CT molecular complexity index is 432. The summed E-state index contributed by atoms with van der Waals surface area (Å²) in [6.45, 7) is 1.65. The Labute approximate surface area is 104 Å². The summed E-state index contributed by atoms with van der Waals surface area (Å²) in [5.74, 6) is -1.65. The predicted molar refractivity (Wildman–Crippen MR) is 62.3 cm³/mol. The summed E-state index contributed by atoms with van der Waals surface area (Å²) in [5.41, 5.74) is 0.149. The molecular formula is C11H15N3O4. The summed E-state index contributed by atoms with van der Waals surface area (Å²) in [7, 11) is 2.97. The standard InChI is InChI=1S/C11H15N3O4/c1-7(11(16)17)6-14(2)10(15)8-4-5-9(18-3)13-12-8/h4-5,7H,6H2,1-3H3,(H,16,17). The SMILES string of the molecule is COc1ccc(C(=O)N(C)CC(C)C(=O)O)nn1. The van der Waals surface area contributed by atoms with Gasteiger partial charge in [-0.25, -0.2) is 0 Å². The molecule has 0 aliphatic carbocycles. The second kappa shape index (κ2) is 5.95. The Hall–Kier alpha value is -2.18. The zero-order valence-corrected chi connectivity index (χ0v) is 10.5. The maximum absolute atomic E-state index is 11.9. The molecule has 1 aromatic rings. The second-order valence-electron chi connectivity index (χ2n) is 3.89. The normalized spacial score (nSPS) is 11.7. The van der Waals surface area contributed by atoms with Crippen LogP contribution < -0.4 is 4.74 Å². The maximum atomic E-state index is 11.9. The van der Waals surface area contributed by atoms with Gasteiger partial charge in [0.25, 0.3) is 5.91 Å². The van der Waals surface area contributed by atoms with Gasteiger partial charge in [0.1, 0.15) is 0 Å². The highest BCUT2D eigenvalue weighted by molar-refractivity contribution is 5.92. The van der Waals surface area contributed by atoms with Crippen molar-refractivity contribution in [3.05, 3.63) is 17.8 Å². The molecular weight excluding hydrogens is 238 g/mol. The van der Waals surface area contributed by atoms with Gasteiger partial charge in [-0.2, -0.15) is 0 Å². The number of amides is 1. The average molecular weight is 253 g/mol. The minimum atomic E-state index is -0.949. The van der Waals surface area contributed by atoms with E-state index in [-0.39, 0.29) is 18.1 Å². The number of ether oxygens (including phenoxy) is 1. The van der Waals surface area contributed by atoms with E-state index in [0.717, 1.165) is 0 Å². The van der Waals surface area contributed by atoms with Gasteiger partial charge in [-0.3, -0.25) is 9.59 Å². The van der Waals surface area contributed by atoms with E-state index < -0.39 is 11.9 Å². The Morgan fingerprint density at radius 1 is 1.44 bits per heavy atom. The molecule has 0 aliphatic heterocycles. The number of aromatic nitrogens is 2. The quantitative estimate of drug-likeness (QED) is 0.810. The van der Waals surface area contributed by atoms with Crippen molar-refractivity contribution in [3.63, 3.8) is 0 Å². The molecule has 0 fully saturated rings. The van der Waals surface area contributed by atoms with Crippen LogP contribution in [0.15, 0.2) is 12.1 Å². The third-order valence-corrected chi connectivity index (χ3v) is 2.38. The number of carbonyl (C=O) groups excluding carboxylic acids is 1. The number of carboxylic acid groups (broad SMARTS) is 1. The van der Waals surface area contributed by atoms with Gasteiger partial charge in [0, 0.05) is 19.7 Å². The summed E-state index contributed by atoms with van der Waals surface area (Å²) in [6.07, 6.45) is 0. The van der Waals surface area contributed by atoms with E-state index >= 15 is 0 Å². The summed E-state index contributed by atoms with van der Waals surface area (Å²) in [4.78, 5) is 23.9. The van der Waals surface area contributed by atoms with E-state index in [2.05, 4.69) is 10.2 Å². The first-order chi connectivity index (χ1) is 8.45. The van der Waals surface area contributed by atoms with Crippen LogP contribution in [0.2, 0.25) is 0 Å². The number of hydrogen-bond acceptors (Lipinski definition) is 5. The van der Waals surface area contributed by atoms with Gasteiger partial charge in [0.15, 0.2) is 5.69 Å². The third-order valence-electron chi connectivity index (χ3n) is 2.38. The fourth-order valence-electron chi connectivity index (χ4n) is 1.31.